The summed E-state index contributed by atoms with van der Waals surface area (Å²) in [7, 11) is 0. The minimum Gasteiger partial charge on any atom is -0.406 e. The fourth-order valence-electron chi connectivity index (χ4n) is 2.91. The highest BCUT2D eigenvalue weighted by molar-refractivity contribution is 5.94. The minimum atomic E-state index is -4.79. The van der Waals surface area contributed by atoms with E-state index in [1.807, 2.05) is 18.2 Å². The second-order valence-electron chi connectivity index (χ2n) is 5.74. The van der Waals surface area contributed by atoms with Crippen molar-refractivity contribution < 1.29 is 22.7 Å². The van der Waals surface area contributed by atoms with Crippen LogP contribution in [0.15, 0.2) is 48.5 Å². The van der Waals surface area contributed by atoms with Crippen LogP contribution >= 0.6 is 12.4 Å². The van der Waals surface area contributed by atoms with Crippen molar-refractivity contribution in [2.75, 3.05) is 13.1 Å². The van der Waals surface area contributed by atoms with E-state index in [1.165, 1.54) is 17.7 Å². The number of carbonyl (C=O) groups is 1. The Hall–Kier alpha value is -2.25. The summed E-state index contributed by atoms with van der Waals surface area (Å²) in [5.41, 5.74) is 2.48. The monoisotopic (exact) mass is 386 g/mol. The zero-order valence-electron chi connectivity index (χ0n) is 13.7. The van der Waals surface area contributed by atoms with Gasteiger partial charge in [0.05, 0.1) is 0 Å². The van der Waals surface area contributed by atoms with E-state index in [2.05, 4.69) is 21.4 Å². The lowest BCUT2D eigenvalue weighted by atomic mass is 9.94. The molecule has 0 aromatic heterocycles. The number of alkyl halides is 3. The predicted molar refractivity (Wildman–Crippen MR) is 93.6 cm³/mol. The van der Waals surface area contributed by atoms with E-state index in [1.54, 1.807) is 0 Å². The molecule has 0 saturated heterocycles. The van der Waals surface area contributed by atoms with Crippen molar-refractivity contribution in [3.63, 3.8) is 0 Å². The number of rotatable bonds is 4. The van der Waals surface area contributed by atoms with E-state index in [0.29, 0.717) is 6.54 Å². The zero-order chi connectivity index (χ0) is 17.9. The van der Waals surface area contributed by atoms with Gasteiger partial charge in [-0.2, -0.15) is 0 Å². The summed E-state index contributed by atoms with van der Waals surface area (Å²) in [5.74, 6) is -0.862. The molecule has 1 atom stereocenters. The molecule has 0 aliphatic carbocycles. The Bertz CT molecular complexity index is 768. The summed E-state index contributed by atoms with van der Waals surface area (Å²) in [5, 5.41) is 6.10. The lowest BCUT2D eigenvalue weighted by Gasteiger charge is -2.27. The highest BCUT2D eigenvalue weighted by Crippen LogP contribution is 2.24. The Labute approximate surface area is 155 Å². The molecule has 0 fully saturated rings. The van der Waals surface area contributed by atoms with Crippen molar-refractivity contribution in [3.8, 4) is 5.75 Å². The summed E-state index contributed by atoms with van der Waals surface area (Å²) in [4.78, 5) is 12.2. The molecule has 1 aliphatic rings. The molecule has 2 aromatic rings. The Morgan fingerprint density at radius 1 is 1.19 bits per heavy atom. The summed E-state index contributed by atoms with van der Waals surface area (Å²) in [6.07, 6.45) is -3.86. The number of amides is 1. The second-order valence-corrected chi connectivity index (χ2v) is 5.74. The van der Waals surface area contributed by atoms with Crippen molar-refractivity contribution in [1.82, 2.24) is 10.6 Å². The van der Waals surface area contributed by atoms with Crippen LogP contribution in [0.25, 0.3) is 0 Å². The number of carbonyl (C=O) groups excluding carboxylic acids is 1. The first-order chi connectivity index (χ1) is 11.9. The van der Waals surface area contributed by atoms with Crippen LogP contribution in [0.2, 0.25) is 0 Å². The molecule has 0 bridgehead atoms. The molecular weight excluding hydrogens is 369 g/mol. The van der Waals surface area contributed by atoms with Gasteiger partial charge in [-0.15, -0.1) is 25.6 Å². The van der Waals surface area contributed by atoms with Gasteiger partial charge < -0.3 is 15.4 Å². The van der Waals surface area contributed by atoms with Gasteiger partial charge in [-0.3, -0.25) is 4.79 Å². The molecule has 140 valence electrons. The number of benzene rings is 2. The Balaban J connectivity index is 0.00000243. The largest absolute Gasteiger partial charge is 0.573 e. The van der Waals surface area contributed by atoms with Crippen LogP contribution in [0.5, 0.6) is 5.75 Å². The molecule has 0 saturated carbocycles. The average Bonchev–Trinajstić information content (AvgIpc) is 2.58. The molecular formula is C18H18ClF3N2O2. The molecule has 1 heterocycles. The maximum absolute atomic E-state index is 12.3. The summed E-state index contributed by atoms with van der Waals surface area (Å²) >= 11 is 0. The fraction of sp³-hybridized carbons (Fsp3) is 0.278. The maximum atomic E-state index is 12.3. The Morgan fingerprint density at radius 2 is 1.96 bits per heavy atom. The predicted octanol–water partition coefficient (Wildman–Crippen LogP) is 3.62. The summed E-state index contributed by atoms with van der Waals surface area (Å²) in [6.45, 7) is 1.16. The minimum absolute atomic E-state index is 0. The van der Waals surface area contributed by atoms with Crippen LogP contribution in [-0.4, -0.2) is 25.4 Å². The molecule has 3 rings (SSSR count). The normalized spacial score (nSPS) is 16.2. The third-order valence-corrected chi connectivity index (χ3v) is 4.01. The van der Waals surface area contributed by atoms with Crippen LogP contribution in [0, 0.1) is 0 Å². The number of hydrogen-bond donors (Lipinski definition) is 2. The zero-order valence-corrected chi connectivity index (χ0v) is 14.5. The molecule has 4 nitrogen and oxygen atoms in total. The topological polar surface area (TPSA) is 50.4 Å². The lowest BCUT2D eigenvalue weighted by molar-refractivity contribution is -0.274. The SMILES string of the molecule is Cl.O=C(NCC1NCCc2ccccc21)c1cccc(OC(F)(F)F)c1. The quantitative estimate of drug-likeness (QED) is 0.843. The number of halogens is 4. The van der Waals surface area contributed by atoms with E-state index in [0.717, 1.165) is 30.7 Å². The van der Waals surface area contributed by atoms with Gasteiger partial charge in [-0.05, 0) is 42.3 Å². The third-order valence-electron chi connectivity index (χ3n) is 4.01. The van der Waals surface area contributed by atoms with Crippen LogP contribution in [-0.2, 0) is 6.42 Å². The number of nitrogens with one attached hydrogen (secondary N) is 2. The van der Waals surface area contributed by atoms with Crippen molar-refractivity contribution in [1.29, 1.82) is 0 Å². The van der Waals surface area contributed by atoms with Gasteiger partial charge in [0, 0.05) is 18.2 Å². The average molecular weight is 387 g/mol. The fourth-order valence-corrected chi connectivity index (χ4v) is 2.91. The highest BCUT2D eigenvalue weighted by Gasteiger charge is 2.31. The van der Waals surface area contributed by atoms with Crippen LogP contribution in [0.1, 0.15) is 27.5 Å². The highest BCUT2D eigenvalue weighted by atomic mass is 35.5. The second kappa shape index (κ2) is 8.42. The molecule has 2 N–H and O–H groups in total. The third kappa shape index (κ3) is 5.12. The van der Waals surface area contributed by atoms with Crippen LogP contribution < -0.4 is 15.4 Å². The molecule has 1 unspecified atom stereocenters. The molecule has 1 aliphatic heterocycles. The Kier molecular flexibility index (Phi) is 6.50. The van der Waals surface area contributed by atoms with E-state index < -0.39 is 18.0 Å². The molecule has 8 heteroatoms. The molecule has 26 heavy (non-hydrogen) atoms. The maximum Gasteiger partial charge on any atom is 0.573 e. The molecule has 2 aromatic carbocycles. The first kappa shape index (κ1) is 20.1. The van der Waals surface area contributed by atoms with E-state index in [4.69, 9.17) is 0 Å². The Morgan fingerprint density at radius 3 is 2.73 bits per heavy atom. The first-order valence-corrected chi connectivity index (χ1v) is 7.87. The molecule has 0 spiro atoms. The van der Waals surface area contributed by atoms with Gasteiger partial charge >= 0.3 is 6.36 Å². The van der Waals surface area contributed by atoms with Gasteiger partial charge in [0.1, 0.15) is 5.75 Å². The van der Waals surface area contributed by atoms with Gasteiger partial charge in [0.2, 0.25) is 0 Å². The van der Waals surface area contributed by atoms with E-state index >= 15 is 0 Å². The van der Waals surface area contributed by atoms with Crippen molar-refractivity contribution in [3.05, 3.63) is 65.2 Å². The van der Waals surface area contributed by atoms with Gasteiger partial charge in [0.25, 0.3) is 5.91 Å². The van der Waals surface area contributed by atoms with Gasteiger partial charge in [0.15, 0.2) is 0 Å². The smallest absolute Gasteiger partial charge is 0.406 e. The van der Waals surface area contributed by atoms with Crippen molar-refractivity contribution in [2.24, 2.45) is 0 Å². The van der Waals surface area contributed by atoms with Crippen LogP contribution in [0.4, 0.5) is 13.2 Å². The standard InChI is InChI=1S/C18H17F3N2O2.ClH/c19-18(20,21)25-14-6-3-5-13(10-14)17(24)23-11-16-15-7-2-1-4-12(15)8-9-22-16;/h1-7,10,16,22H,8-9,11H2,(H,23,24);1H. The van der Waals surface area contributed by atoms with Crippen LogP contribution in [0.3, 0.4) is 0 Å². The summed E-state index contributed by atoms with van der Waals surface area (Å²) in [6, 6.07) is 13.0. The van der Waals surface area contributed by atoms with Crippen molar-refractivity contribution in [2.45, 2.75) is 18.8 Å². The number of fused-ring (bicyclic) bond motifs is 1. The first-order valence-electron chi connectivity index (χ1n) is 7.87. The van der Waals surface area contributed by atoms with Crippen molar-refractivity contribution >= 4 is 18.3 Å². The summed E-state index contributed by atoms with van der Waals surface area (Å²) < 4.78 is 40.7. The van der Waals surface area contributed by atoms with Gasteiger partial charge in [-0.25, -0.2) is 0 Å². The molecule has 1 amide bonds. The van der Waals surface area contributed by atoms with Gasteiger partial charge in [-0.1, -0.05) is 30.3 Å². The molecule has 0 radical (unpaired) electrons. The van der Waals surface area contributed by atoms with E-state index in [9.17, 15) is 18.0 Å². The number of ether oxygens (including phenoxy) is 1. The van der Waals surface area contributed by atoms with E-state index in [-0.39, 0.29) is 24.0 Å². The number of hydrogen-bond acceptors (Lipinski definition) is 3. The lowest BCUT2D eigenvalue weighted by Crippen LogP contribution is -2.38.